The van der Waals surface area contributed by atoms with Gasteiger partial charge in [-0.1, -0.05) is 0 Å². The van der Waals surface area contributed by atoms with Crippen LogP contribution >= 0.6 is 11.8 Å². The van der Waals surface area contributed by atoms with Gasteiger partial charge in [-0.25, -0.2) is 9.97 Å². The number of pyridine rings is 1. The van der Waals surface area contributed by atoms with E-state index in [1.54, 1.807) is 12.4 Å². The monoisotopic (exact) mass is 330 g/mol. The lowest BCUT2D eigenvalue weighted by molar-refractivity contribution is 0.0410. The molecule has 0 saturated carbocycles. The van der Waals surface area contributed by atoms with E-state index in [1.165, 1.54) is 5.56 Å². The van der Waals surface area contributed by atoms with E-state index in [1.807, 2.05) is 30.8 Å². The number of nitrogens with zero attached hydrogens (tertiary/aromatic N) is 4. The van der Waals surface area contributed by atoms with Crippen molar-refractivity contribution in [2.75, 3.05) is 38.6 Å². The zero-order chi connectivity index (χ0) is 16.1. The molecule has 1 aliphatic rings. The molecule has 0 bridgehead atoms. The molecule has 1 fully saturated rings. The lowest BCUT2D eigenvalue weighted by Crippen LogP contribution is -2.37. The number of morpholine rings is 1. The van der Waals surface area contributed by atoms with Crippen molar-refractivity contribution < 1.29 is 4.74 Å². The standard InChI is InChI=1S/C17H22N4OS/c1-13-14(2)19-16(15-3-5-18-6-4-15)20-17(13)23-12-9-21-7-10-22-11-8-21/h3-6H,7-12H2,1-2H3. The van der Waals surface area contributed by atoms with E-state index in [4.69, 9.17) is 9.72 Å². The molecule has 0 radical (unpaired) electrons. The van der Waals surface area contributed by atoms with E-state index in [0.29, 0.717) is 0 Å². The summed E-state index contributed by atoms with van der Waals surface area (Å²) < 4.78 is 5.39. The molecule has 122 valence electrons. The molecule has 1 aliphatic heterocycles. The van der Waals surface area contributed by atoms with Crippen LogP contribution in [0.4, 0.5) is 0 Å². The first kappa shape index (κ1) is 16.4. The second-order valence-electron chi connectivity index (χ2n) is 5.60. The fraction of sp³-hybridized carbons (Fsp3) is 0.471. The van der Waals surface area contributed by atoms with Gasteiger partial charge in [-0.2, -0.15) is 0 Å². The van der Waals surface area contributed by atoms with Crippen molar-refractivity contribution in [3.8, 4) is 11.4 Å². The van der Waals surface area contributed by atoms with Crippen molar-refractivity contribution in [2.24, 2.45) is 0 Å². The Labute approximate surface area is 141 Å². The molecule has 3 heterocycles. The molecule has 2 aromatic heterocycles. The third-order valence-corrected chi connectivity index (χ3v) is 5.09. The summed E-state index contributed by atoms with van der Waals surface area (Å²) in [5, 5.41) is 1.08. The Morgan fingerprint density at radius 1 is 1.13 bits per heavy atom. The highest BCUT2D eigenvalue weighted by molar-refractivity contribution is 7.99. The molecule has 0 unspecified atom stereocenters. The summed E-state index contributed by atoms with van der Waals surface area (Å²) in [5.41, 5.74) is 3.23. The Morgan fingerprint density at radius 2 is 1.87 bits per heavy atom. The molecular weight excluding hydrogens is 308 g/mol. The van der Waals surface area contributed by atoms with Gasteiger partial charge in [-0.05, 0) is 26.0 Å². The summed E-state index contributed by atoms with van der Waals surface area (Å²) in [6.45, 7) is 8.98. The number of ether oxygens (including phenoxy) is 1. The highest BCUT2D eigenvalue weighted by atomic mass is 32.2. The minimum atomic E-state index is 0.782. The maximum atomic E-state index is 5.39. The predicted molar refractivity (Wildman–Crippen MR) is 92.7 cm³/mol. The maximum absolute atomic E-state index is 5.39. The van der Waals surface area contributed by atoms with Gasteiger partial charge in [0.1, 0.15) is 5.03 Å². The summed E-state index contributed by atoms with van der Waals surface area (Å²) in [6, 6.07) is 3.90. The highest BCUT2D eigenvalue weighted by Crippen LogP contribution is 2.25. The molecule has 1 saturated heterocycles. The van der Waals surface area contributed by atoms with Crippen molar-refractivity contribution in [3.63, 3.8) is 0 Å². The van der Waals surface area contributed by atoms with Crippen LogP contribution in [0.15, 0.2) is 29.6 Å². The van der Waals surface area contributed by atoms with Crippen molar-refractivity contribution in [2.45, 2.75) is 18.9 Å². The molecular formula is C17H22N4OS. The minimum absolute atomic E-state index is 0.782. The molecule has 23 heavy (non-hydrogen) atoms. The highest BCUT2D eigenvalue weighted by Gasteiger charge is 2.13. The zero-order valence-electron chi connectivity index (χ0n) is 13.7. The summed E-state index contributed by atoms with van der Waals surface area (Å²) >= 11 is 1.81. The fourth-order valence-corrected chi connectivity index (χ4v) is 3.53. The van der Waals surface area contributed by atoms with Gasteiger partial charge >= 0.3 is 0 Å². The van der Waals surface area contributed by atoms with Crippen LogP contribution in [0.5, 0.6) is 0 Å². The number of aromatic nitrogens is 3. The third-order valence-electron chi connectivity index (χ3n) is 4.03. The SMILES string of the molecule is Cc1nc(-c2ccncc2)nc(SCCN2CCOCC2)c1C. The maximum Gasteiger partial charge on any atom is 0.160 e. The average Bonchev–Trinajstić information content (AvgIpc) is 2.60. The fourth-order valence-electron chi connectivity index (χ4n) is 2.47. The van der Waals surface area contributed by atoms with Gasteiger partial charge in [0.05, 0.1) is 13.2 Å². The topological polar surface area (TPSA) is 51.1 Å². The quantitative estimate of drug-likeness (QED) is 0.620. The molecule has 3 rings (SSSR count). The summed E-state index contributed by atoms with van der Waals surface area (Å²) in [7, 11) is 0. The summed E-state index contributed by atoms with van der Waals surface area (Å²) in [6.07, 6.45) is 3.55. The summed E-state index contributed by atoms with van der Waals surface area (Å²) in [4.78, 5) is 15.9. The van der Waals surface area contributed by atoms with Gasteiger partial charge in [0.2, 0.25) is 0 Å². The number of rotatable bonds is 5. The van der Waals surface area contributed by atoms with Gasteiger partial charge in [0.15, 0.2) is 5.82 Å². The largest absolute Gasteiger partial charge is 0.379 e. The molecule has 2 aromatic rings. The van der Waals surface area contributed by atoms with Crippen LogP contribution in [0, 0.1) is 13.8 Å². The molecule has 0 N–H and O–H groups in total. The Balaban J connectivity index is 1.69. The van der Waals surface area contributed by atoms with Crippen LogP contribution < -0.4 is 0 Å². The van der Waals surface area contributed by atoms with Crippen LogP contribution in [0.25, 0.3) is 11.4 Å². The molecule has 5 nitrogen and oxygen atoms in total. The number of aryl methyl sites for hydroxylation is 1. The number of hydrogen-bond donors (Lipinski definition) is 0. The summed E-state index contributed by atoms with van der Waals surface area (Å²) in [5.74, 6) is 1.82. The molecule has 0 spiro atoms. The smallest absolute Gasteiger partial charge is 0.160 e. The van der Waals surface area contributed by atoms with E-state index in [-0.39, 0.29) is 0 Å². The molecule has 6 heteroatoms. The van der Waals surface area contributed by atoms with Gasteiger partial charge in [0, 0.05) is 54.6 Å². The van der Waals surface area contributed by atoms with E-state index in [0.717, 1.165) is 60.7 Å². The Morgan fingerprint density at radius 3 is 2.61 bits per heavy atom. The minimum Gasteiger partial charge on any atom is -0.379 e. The van der Waals surface area contributed by atoms with E-state index in [9.17, 15) is 0 Å². The van der Waals surface area contributed by atoms with Crippen LogP contribution in [0.3, 0.4) is 0 Å². The third kappa shape index (κ3) is 4.28. The van der Waals surface area contributed by atoms with E-state index in [2.05, 4.69) is 21.8 Å². The van der Waals surface area contributed by atoms with Gasteiger partial charge < -0.3 is 4.74 Å². The first-order chi connectivity index (χ1) is 11.2. The van der Waals surface area contributed by atoms with Crippen LogP contribution in [-0.4, -0.2) is 58.5 Å². The second-order valence-corrected chi connectivity index (χ2v) is 6.68. The zero-order valence-corrected chi connectivity index (χ0v) is 14.5. The first-order valence-electron chi connectivity index (χ1n) is 7.92. The molecule has 0 aliphatic carbocycles. The van der Waals surface area contributed by atoms with Crippen LogP contribution in [0.1, 0.15) is 11.3 Å². The van der Waals surface area contributed by atoms with Crippen molar-refractivity contribution >= 4 is 11.8 Å². The normalized spacial score (nSPS) is 15.7. The number of hydrogen-bond acceptors (Lipinski definition) is 6. The molecule has 0 amide bonds. The number of thioether (sulfide) groups is 1. The molecule has 0 aromatic carbocycles. The van der Waals surface area contributed by atoms with E-state index < -0.39 is 0 Å². The lowest BCUT2D eigenvalue weighted by atomic mass is 10.2. The van der Waals surface area contributed by atoms with Gasteiger partial charge in [-0.15, -0.1) is 11.8 Å². The Hall–Kier alpha value is -1.50. The average molecular weight is 330 g/mol. The first-order valence-corrected chi connectivity index (χ1v) is 8.91. The predicted octanol–water partition coefficient (Wildman–Crippen LogP) is 2.58. The van der Waals surface area contributed by atoms with Crippen molar-refractivity contribution in [1.82, 2.24) is 19.9 Å². The Bertz CT molecular complexity index is 645. The van der Waals surface area contributed by atoms with Crippen molar-refractivity contribution in [3.05, 3.63) is 35.8 Å². The van der Waals surface area contributed by atoms with Crippen molar-refractivity contribution in [1.29, 1.82) is 0 Å². The Kier molecular flexibility index (Phi) is 5.59. The van der Waals surface area contributed by atoms with Crippen LogP contribution in [0.2, 0.25) is 0 Å². The van der Waals surface area contributed by atoms with Gasteiger partial charge in [0.25, 0.3) is 0 Å². The molecule has 0 atom stereocenters. The second kappa shape index (κ2) is 7.86. The van der Waals surface area contributed by atoms with E-state index >= 15 is 0 Å². The van der Waals surface area contributed by atoms with Gasteiger partial charge in [-0.3, -0.25) is 9.88 Å². The lowest BCUT2D eigenvalue weighted by Gasteiger charge is -2.26. The van der Waals surface area contributed by atoms with Crippen LogP contribution in [-0.2, 0) is 4.74 Å².